The molecule has 2 aliphatic rings. The molecule has 1 saturated heterocycles. The number of carbonyl (C=O) groups is 1. The summed E-state index contributed by atoms with van der Waals surface area (Å²) in [6, 6.07) is 0.271. The van der Waals surface area contributed by atoms with E-state index in [0.717, 1.165) is 12.8 Å². The van der Waals surface area contributed by atoms with Gasteiger partial charge in [0, 0.05) is 7.05 Å². The van der Waals surface area contributed by atoms with E-state index in [9.17, 15) is 4.79 Å². The molecule has 0 N–H and O–H groups in total. The van der Waals surface area contributed by atoms with Crippen LogP contribution in [0.4, 0.5) is 0 Å². The SMILES string of the molecule is CCC12C=CCC=C1[C@@H](C)N(C)C2=O. The fourth-order valence-electron chi connectivity index (χ4n) is 2.65. The van der Waals surface area contributed by atoms with Crippen molar-refractivity contribution in [1.29, 1.82) is 0 Å². The van der Waals surface area contributed by atoms with Crippen LogP contribution in [0.25, 0.3) is 0 Å². The van der Waals surface area contributed by atoms with Gasteiger partial charge in [-0.05, 0) is 25.3 Å². The Bertz CT molecular complexity index is 329. The summed E-state index contributed by atoms with van der Waals surface area (Å²) in [6.07, 6.45) is 8.28. The Morgan fingerprint density at radius 2 is 2.36 bits per heavy atom. The first-order valence-electron chi connectivity index (χ1n) is 5.29. The van der Waals surface area contributed by atoms with Crippen LogP contribution in [0.1, 0.15) is 26.7 Å². The zero-order valence-corrected chi connectivity index (χ0v) is 9.08. The fraction of sp³-hybridized carbons (Fsp3) is 0.583. The molecule has 1 amide bonds. The number of hydrogen-bond acceptors (Lipinski definition) is 1. The van der Waals surface area contributed by atoms with E-state index in [4.69, 9.17) is 0 Å². The van der Waals surface area contributed by atoms with Crippen molar-refractivity contribution in [3.8, 4) is 0 Å². The van der Waals surface area contributed by atoms with E-state index >= 15 is 0 Å². The number of amides is 1. The highest BCUT2D eigenvalue weighted by atomic mass is 16.2. The molecule has 0 radical (unpaired) electrons. The van der Waals surface area contributed by atoms with Gasteiger partial charge in [0.15, 0.2) is 0 Å². The Kier molecular flexibility index (Phi) is 2.02. The Morgan fingerprint density at radius 3 is 2.93 bits per heavy atom. The fourth-order valence-corrected chi connectivity index (χ4v) is 2.65. The lowest BCUT2D eigenvalue weighted by atomic mass is 9.75. The molecule has 2 nitrogen and oxygen atoms in total. The van der Waals surface area contributed by atoms with Crippen molar-refractivity contribution in [1.82, 2.24) is 4.90 Å². The molecule has 2 heteroatoms. The van der Waals surface area contributed by atoms with Gasteiger partial charge >= 0.3 is 0 Å². The van der Waals surface area contributed by atoms with E-state index in [1.54, 1.807) is 0 Å². The second-order valence-corrected chi connectivity index (χ2v) is 4.21. The number of likely N-dealkylation sites (tertiary alicyclic amines) is 1. The predicted molar refractivity (Wildman–Crippen MR) is 56.8 cm³/mol. The molecule has 1 heterocycles. The first-order valence-corrected chi connectivity index (χ1v) is 5.29. The molecule has 0 aromatic rings. The maximum atomic E-state index is 12.1. The third-order valence-corrected chi connectivity index (χ3v) is 3.68. The number of rotatable bonds is 1. The summed E-state index contributed by atoms with van der Waals surface area (Å²) in [5.41, 5.74) is 1.00. The highest BCUT2D eigenvalue weighted by Gasteiger charge is 2.50. The summed E-state index contributed by atoms with van der Waals surface area (Å²) in [6.45, 7) is 4.20. The van der Waals surface area contributed by atoms with Crippen molar-refractivity contribution in [2.45, 2.75) is 32.7 Å². The summed E-state index contributed by atoms with van der Waals surface area (Å²) >= 11 is 0. The zero-order chi connectivity index (χ0) is 10.3. The molecule has 2 atom stereocenters. The van der Waals surface area contributed by atoms with E-state index in [1.807, 2.05) is 11.9 Å². The average Bonchev–Trinajstić information content (AvgIpc) is 2.42. The summed E-state index contributed by atoms with van der Waals surface area (Å²) in [5, 5.41) is 0. The van der Waals surface area contributed by atoms with E-state index in [-0.39, 0.29) is 17.4 Å². The summed E-state index contributed by atoms with van der Waals surface area (Å²) in [5.74, 6) is 0.259. The molecule has 1 fully saturated rings. The molecule has 76 valence electrons. The van der Waals surface area contributed by atoms with Crippen molar-refractivity contribution in [2.75, 3.05) is 7.05 Å². The van der Waals surface area contributed by atoms with Crippen molar-refractivity contribution in [3.63, 3.8) is 0 Å². The van der Waals surface area contributed by atoms with Crippen molar-refractivity contribution < 1.29 is 4.79 Å². The van der Waals surface area contributed by atoms with Gasteiger partial charge in [0.1, 0.15) is 0 Å². The summed E-state index contributed by atoms with van der Waals surface area (Å²) < 4.78 is 0. The minimum Gasteiger partial charge on any atom is -0.338 e. The molecule has 0 spiro atoms. The Hall–Kier alpha value is -1.05. The minimum absolute atomic E-state index is 0.259. The molecular weight excluding hydrogens is 174 g/mol. The monoisotopic (exact) mass is 191 g/mol. The van der Waals surface area contributed by atoms with Crippen LogP contribution in [-0.2, 0) is 4.79 Å². The quantitative estimate of drug-likeness (QED) is 0.581. The number of fused-ring (bicyclic) bond motifs is 1. The highest BCUT2D eigenvalue weighted by Crippen LogP contribution is 2.46. The van der Waals surface area contributed by atoms with Crippen LogP contribution in [0.5, 0.6) is 0 Å². The topological polar surface area (TPSA) is 20.3 Å². The molecule has 0 saturated carbocycles. The van der Waals surface area contributed by atoms with Crippen LogP contribution in [0.15, 0.2) is 23.8 Å². The number of hydrogen-bond donors (Lipinski definition) is 0. The molecule has 0 aromatic carbocycles. The minimum atomic E-state index is -0.299. The second kappa shape index (κ2) is 2.97. The lowest BCUT2D eigenvalue weighted by Gasteiger charge is -2.25. The van der Waals surface area contributed by atoms with Crippen LogP contribution in [0, 0.1) is 5.41 Å². The molecule has 1 aliphatic carbocycles. The van der Waals surface area contributed by atoms with Gasteiger partial charge in [-0.3, -0.25) is 4.79 Å². The Labute approximate surface area is 85.3 Å². The van der Waals surface area contributed by atoms with E-state index in [2.05, 4.69) is 32.1 Å². The van der Waals surface area contributed by atoms with E-state index < -0.39 is 0 Å². The third-order valence-electron chi connectivity index (χ3n) is 3.68. The van der Waals surface area contributed by atoms with E-state index in [0.29, 0.717) is 0 Å². The molecule has 0 aromatic heterocycles. The number of carbonyl (C=O) groups excluding carboxylic acids is 1. The van der Waals surface area contributed by atoms with Gasteiger partial charge in [-0.1, -0.05) is 25.2 Å². The molecule has 14 heavy (non-hydrogen) atoms. The van der Waals surface area contributed by atoms with Gasteiger partial charge in [0.05, 0.1) is 11.5 Å². The van der Waals surface area contributed by atoms with E-state index in [1.165, 1.54) is 5.57 Å². The second-order valence-electron chi connectivity index (χ2n) is 4.21. The normalized spacial score (nSPS) is 35.9. The molecule has 1 aliphatic heterocycles. The average molecular weight is 191 g/mol. The Morgan fingerprint density at radius 1 is 1.64 bits per heavy atom. The number of nitrogens with zero attached hydrogens (tertiary/aromatic N) is 1. The van der Waals surface area contributed by atoms with Gasteiger partial charge in [0.2, 0.25) is 5.91 Å². The first kappa shape index (κ1) is 9.50. The molecule has 1 unspecified atom stereocenters. The van der Waals surface area contributed by atoms with Crippen molar-refractivity contribution >= 4 is 5.91 Å². The zero-order valence-electron chi connectivity index (χ0n) is 9.08. The maximum Gasteiger partial charge on any atom is 0.237 e. The highest BCUT2D eigenvalue weighted by molar-refractivity contribution is 5.92. The lowest BCUT2D eigenvalue weighted by molar-refractivity contribution is -0.133. The summed E-state index contributed by atoms with van der Waals surface area (Å²) in [4.78, 5) is 14.0. The largest absolute Gasteiger partial charge is 0.338 e. The van der Waals surface area contributed by atoms with Crippen LogP contribution < -0.4 is 0 Å². The van der Waals surface area contributed by atoms with Crippen LogP contribution in [0.3, 0.4) is 0 Å². The van der Waals surface area contributed by atoms with Gasteiger partial charge in [-0.15, -0.1) is 0 Å². The molecular formula is C12H17NO. The van der Waals surface area contributed by atoms with Crippen molar-refractivity contribution in [2.24, 2.45) is 5.41 Å². The first-order chi connectivity index (χ1) is 6.63. The number of allylic oxidation sites excluding steroid dienone is 2. The van der Waals surface area contributed by atoms with Crippen LogP contribution >= 0.6 is 0 Å². The molecule has 0 bridgehead atoms. The lowest BCUT2D eigenvalue weighted by Crippen LogP contribution is -2.32. The number of likely N-dealkylation sites (N-methyl/N-ethyl adjacent to an activating group) is 1. The van der Waals surface area contributed by atoms with Crippen LogP contribution in [-0.4, -0.2) is 23.9 Å². The predicted octanol–water partition coefficient (Wildman–Crippen LogP) is 2.13. The van der Waals surface area contributed by atoms with Crippen LogP contribution in [0.2, 0.25) is 0 Å². The van der Waals surface area contributed by atoms with Gasteiger partial charge in [-0.25, -0.2) is 0 Å². The third kappa shape index (κ3) is 0.941. The van der Waals surface area contributed by atoms with Gasteiger partial charge < -0.3 is 4.90 Å². The summed E-state index contributed by atoms with van der Waals surface area (Å²) in [7, 11) is 1.90. The smallest absolute Gasteiger partial charge is 0.237 e. The Balaban J connectivity index is 2.52. The maximum absolute atomic E-state index is 12.1. The standard InChI is InChI=1S/C12H17NO/c1-4-12-8-6-5-7-10(12)9(2)13(3)11(12)14/h6-9H,4-5H2,1-3H3/t9-,12?/m1/s1. The van der Waals surface area contributed by atoms with Gasteiger partial charge in [0.25, 0.3) is 0 Å². The molecule has 2 rings (SSSR count). The van der Waals surface area contributed by atoms with Gasteiger partial charge in [-0.2, -0.15) is 0 Å². The van der Waals surface area contributed by atoms with Crippen molar-refractivity contribution in [3.05, 3.63) is 23.8 Å².